The Labute approximate surface area is 252 Å². The summed E-state index contributed by atoms with van der Waals surface area (Å²) in [5.74, 6) is 2.71. The zero-order valence-corrected chi connectivity index (χ0v) is 26.7. The summed E-state index contributed by atoms with van der Waals surface area (Å²) < 4.78 is 0. The van der Waals surface area contributed by atoms with Crippen LogP contribution in [-0.2, 0) is 14.4 Å². The van der Waals surface area contributed by atoms with Crippen LogP contribution in [0.2, 0.25) is 0 Å². The number of amides is 2. The number of fused-ring (bicyclic) bond motifs is 5. The van der Waals surface area contributed by atoms with Gasteiger partial charge in [-0.05, 0) is 106 Å². The molecule has 234 valence electrons. The molecule has 42 heavy (non-hydrogen) atoms. The van der Waals surface area contributed by atoms with E-state index in [-0.39, 0.29) is 28.8 Å². The van der Waals surface area contributed by atoms with Gasteiger partial charge in [-0.1, -0.05) is 24.6 Å². The average molecular weight is 584 g/mol. The quantitative estimate of drug-likeness (QED) is 0.250. The molecule has 3 saturated carbocycles. The van der Waals surface area contributed by atoms with Gasteiger partial charge < -0.3 is 20.4 Å². The highest BCUT2D eigenvalue weighted by molar-refractivity contribution is 5.91. The van der Waals surface area contributed by atoms with E-state index in [0.717, 1.165) is 44.2 Å². The number of hydrogen-bond donors (Lipinski definition) is 2. The van der Waals surface area contributed by atoms with Crippen molar-refractivity contribution in [2.75, 3.05) is 40.8 Å². The summed E-state index contributed by atoms with van der Waals surface area (Å²) in [6, 6.07) is -0.151. The van der Waals surface area contributed by atoms with Gasteiger partial charge in [0.2, 0.25) is 5.91 Å². The summed E-state index contributed by atoms with van der Waals surface area (Å²) in [7, 11) is 5.42. The topological polar surface area (TPSA) is 103 Å². The van der Waals surface area contributed by atoms with Crippen LogP contribution in [0.25, 0.3) is 0 Å². The highest BCUT2D eigenvalue weighted by Gasteiger charge is 2.59. The Morgan fingerprint density at radius 2 is 1.86 bits per heavy atom. The number of allylic oxidation sites excluding steroid dienone is 1. The summed E-state index contributed by atoms with van der Waals surface area (Å²) in [5, 5.41) is 11.0. The second kappa shape index (κ2) is 12.4. The Balaban J connectivity index is 1.22. The molecule has 1 aliphatic heterocycles. The van der Waals surface area contributed by atoms with Crippen LogP contribution in [0.5, 0.6) is 0 Å². The molecule has 5 rings (SSSR count). The van der Waals surface area contributed by atoms with Crippen molar-refractivity contribution in [3.63, 3.8) is 0 Å². The maximum Gasteiger partial charge on any atom is 0.436 e. The molecule has 0 aromatic carbocycles. The van der Waals surface area contributed by atoms with Crippen LogP contribution < -0.4 is 10.6 Å². The van der Waals surface area contributed by atoms with Crippen LogP contribution in [0.1, 0.15) is 85.0 Å². The van der Waals surface area contributed by atoms with E-state index in [1.54, 1.807) is 23.9 Å². The number of oxime groups is 1. The SMILES string of the molecule is CNCCN(CC1CCC(C(=O)N(C)C)N1)C(=O)O/N=C(\C)[C@H]1CC[C@H]2[C@@H]3CCC4=CC(=O)CC[C@]4(C)[C@H]3CC[C@]12C. The lowest BCUT2D eigenvalue weighted by Crippen LogP contribution is -2.51. The van der Waals surface area contributed by atoms with E-state index in [4.69, 9.17) is 4.84 Å². The molecule has 0 bridgehead atoms. The number of rotatable bonds is 8. The molecule has 4 fully saturated rings. The molecule has 4 aliphatic carbocycles. The van der Waals surface area contributed by atoms with Gasteiger partial charge in [0.1, 0.15) is 0 Å². The first-order chi connectivity index (χ1) is 20.0. The third-order valence-electron chi connectivity index (χ3n) is 12.0. The van der Waals surface area contributed by atoms with Crippen LogP contribution in [0.3, 0.4) is 0 Å². The van der Waals surface area contributed by atoms with Gasteiger partial charge in [-0.15, -0.1) is 0 Å². The van der Waals surface area contributed by atoms with Crippen molar-refractivity contribution < 1.29 is 19.2 Å². The number of carbonyl (C=O) groups is 3. The van der Waals surface area contributed by atoms with Crippen molar-refractivity contribution in [1.29, 1.82) is 0 Å². The number of nitrogens with zero attached hydrogens (tertiary/aromatic N) is 3. The zero-order chi connectivity index (χ0) is 30.2. The van der Waals surface area contributed by atoms with Crippen molar-refractivity contribution in [3.05, 3.63) is 11.6 Å². The fourth-order valence-electron chi connectivity index (χ4n) is 9.72. The molecule has 2 unspecified atom stereocenters. The van der Waals surface area contributed by atoms with Gasteiger partial charge in [-0.25, -0.2) is 4.79 Å². The molecular weight excluding hydrogens is 530 g/mol. The Bertz CT molecular complexity index is 1120. The highest BCUT2D eigenvalue weighted by atomic mass is 16.7. The van der Waals surface area contributed by atoms with Crippen molar-refractivity contribution >= 4 is 23.5 Å². The van der Waals surface area contributed by atoms with Crippen LogP contribution in [0.4, 0.5) is 4.79 Å². The molecule has 8 atom stereocenters. The number of ketones is 1. The average Bonchev–Trinajstić information content (AvgIpc) is 3.57. The van der Waals surface area contributed by atoms with E-state index in [1.165, 1.54) is 24.8 Å². The number of likely N-dealkylation sites (N-methyl/N-ethyl adjacent to an activating group) is 2. The van der Waals surface area contributed by atoms with Gasteiger partial charge in [0, 0.05) is 52.1 Å². The molecule has 9 heteroatoms. The molecule has 2 amide bonds. The summed E-state index contributed by atoms with van der Waals surface area (Å²) in [5.41, 5.74) is 2.69. The molecular formula is C33H53N5O4. The molecule has 0 radical (unpaired) electrons. The maximum atomic E-state index is 13.3. The van der Waals surface area contributed by atoms with Crippen LogP contribution in [-0.4, -0.2) is 86.2 Å². The predicted octanol–water partition coefficient (Wildman–Crippen LogP) is 4.38. The largest absolute Gasteiger partial charge is 0.436 e. The second-order valence-corrected chi connectivity index (χ2v) is 14.5. The summed E-state index contributed by atoms with van der Waals surface area (Å²) in [4.78, 5) is 46.8. The molecule has 9 nitrogen and oxygen atoms in total. The number of nitrogens with one attached hydrogen (secondary N) is 2. The van der Waals surface area contributed by atoms with Gasteiger partial charge in [0.15, 0.2) is 5.78 Å². The molecule has 1 saturated heterocycles. The third-order valence-corrected chi connectivity index (χ3v) is 12.0. The summed E-state index contributed by atoms with van der Waals surface area (Å²) >= 11 is 0. The number of carbonyl (C=O) groups excluding carboxylic acids is 3. The van der Waals surface area contributed by atoms with Gasteiger partial charge in [0.25, 0.3) is 0 Å². The third kappa shape index (κ3) is 5.80. The first-order valence-electron chi connectivity index (χ1n) is 16.3. The van der Waals surface area contributed by atoms with Crippen molar-refractivity contribution in [1.82, 2.24) is 20.4 Å². The van der Waals surface area contributed by atoms with Gasteiger partial charge in [-0.2, -0.15) is 0 Å². The first kappa shape index (κ1) is 31.2. The normalized spacial score (nSPS) is 37.8. The van der Waals surface area contributed by atoms with Gasteiger partial charge >= 0.3 is 6.09 Å². The van der Waals surface area contributed by atoms with Crippen molar-refractivity contribution in [2.24, 2.45) is 39.7 Å². The predicted molar refractivity (Wildman–Crippen MR) is 164 cm³/mol. The van der Waals surface area contributed by atoms with E-state index in [0.29, 0.717) is 55.5 Å². The lowest BCUT2D eigenvalue weighted by molar-refractivity contribution is -0.130. The Morgan fingerprint density at radius 1 is 1.07 bits per heavy atom. The molecule has 0 spiro atoms. The molecule has 2 N–H and O–H groups in total. The van der Waals surface area contributed by atoms with E-state index in [9.17, 15) is 14.4 Å². The maximum absolute atomic E-state index is 13.3. The fourth-order valence-corrected chi connectivity index (χ4v) is 9.72. The molecule has 1 heterocycles. The van der Waals surface area contributed by atoms with E-state index >= 15 is 0 Å². The minimum Gasteiger partial charge on any atom is -0.347 e. The minimum atomic E-state index is -0.427. The van der Waals surface area contributed by atoms with Crippen LogP contribution >= 0.6 is 0 Å². The smallest absolute Gasteiger partial charge is 0.347 e. The highest BCUT2D eigenvalue weighted by Crippen LogP contribution is 2.66. The van der Waals surface area contributed by atoms with E-state index < -0.39 is 6.09 Å². The molecule has 0 aromatic heterocycles. The Kier molecular flexibility index (Phi) is 9.19. The van der Waals surface area contributed by atoms with Gasteiger partial charge in [-0.3, -0.25) is 14.4 Å². The van der Waals surface area contributed by atoms with E-state index in [1.807, 2.05) is 20.0 Å². The van der Waals surface area contributed by atoms with Crippen LogP contribution in [0, 0.1) is 34.5 Å². The second-order valence-electron chi connectivity index (χ2n) is 14.5. The number of hydrogen-bond acceptors (Lipinski definition) is 7. The fraction of sp³-hybridized carbons (Fsp3) is 0.818. The lowest BCUT2D eigenvalue weighted by Gasteiger charge is -2.58. The Morgan fingerprint density at radius 3 is 2.60 bits per heavy atom. The van der Waals surface area contributed by atoms with E-state index in [2.05, 4.69) is 29.6 Å². The lowest BCUT2D eigenvalue weighted by atomic mass is 9.46. The first-order valence-corrected chi connectivity index (χ1v) is 16.3. The van der Waals surface area contributed by atoms with Crippen LogP contribution in [0.15, 0.2) is 16.8 Å². The Hall–Kier alpha value is -2.26. The molecule has 5 aliphatic rings. The van der Waals surface area contributed by atoms with Gasteiger partial charge in [0.05, 0.1) is 11.8 Å². The monoisotopic (exact) mass is 583 g/mol. The molecule has 0 aromatic rings. The standard InChI is InChI=1S/C33H53N5O4/c1-21(36-42-31(41)38(18-17-34-4)20-23-8-12-29(35-23)30(40)37(5)6)26-10-11-27-25-9-7-22-19-24(39)13-15-32(22,2)28(25)14-16-33(26,27)3/h19,23,25-29,34-35H,7-18,20H2,1-6H3/b36-21+/t23?,25-,26+,27-,28-,29?,32-,33+/m0/s1. The van der Waals surface area contributed by atoms with Crippen molar-refractivity contribution in [3.8, 4) is 0 Å². The van der Waals surface area contributed by atoms with Crippen molar-refractivity contribution in [2.45, 2.75) is 97.1 Å². The summed E-state index contributed by atoms with van der Waals surface area (Å²) in [6.45, 7) is 8.59. The minimum absolute atomic E-state index is 0.0491. The zero-order valence-electron chi connectivity index (χ0n) is 26.7. The summed E-state index contributed by atoms with van der Waals surface area (Å²) in [6.07, 6.45) is 11.8.